The SMILES string of the molecule is C=C/C=C(Br)\C(=C/C)C1CCCN1. The highest BCUT2D eigenvalue weighted by Crippen LogP contribution is 2.25. The minimum Gasteiger partial charge on any atom is -0.310 e. The lowest BCUT2D eigenvalue weighted by atomic mass is 10.0. The monoisotopic (exact) mass is 241 g/mol. The van der Waals surface area contributed by atoms with Gasteiger partial charge in [0, 0.05) is 10.5 Å². The van der Waals surface area contributed by atoms with E-state index in [1.165, 1.54) is 18.4 Å². The molecule has 1 N–H and O–H groups in total. The number of halogens is 1. The minimum absolute atomic E-state index is 0.524. The van der Waals surface area contributed by atoms with Crippen LogP contribution in [-0.4, -0.2) is 12.6 Å². The van der Waals surface area contributed by atoms with Gasteiger partial charge in [-0.3, -0.25) is 0 Å². The first-order chi connectivity index (χ1) is 6.29. The highest BCUT2D eigenvalue weighted by Gasteiger charge is 2.19. The molecule has 1 rings (SSSR count). The van der Waals surface area contributed by atoms with E-state index in [1.807, 2.05) is 12.2 Å². The van der Waals surface area contributed by atoms with Crippen molar-refractivity contribution < 1.29 is 0 Å². The summed E-state index contributed by atoms with van der Waals surface area (Å²) in [4.78, 5) is 0. The first kappa shape index (κ1) is 10.7. The number of hydrogen-bond donors (Lipinski definition) is 1. The van der Waals surface area contributed by atoms with Crippen LogP contribution < -0.4 is 5.32 Å². The molecule has 0 spiro atoms. The number of rotatable bonds is 3. The summed E-state index contributed by atoms with van der Waals surface area (Å²) in [6, 6.07) is 0.524. The third kappa shape index (κ3) is 2.82. The lowest BCUT2D eigenvalue weighted by molar-refractivity contribution is 0.700. The summed E-state index contributed by atoms with van der Waals surface area (Å²) >= 11 is 3.56. The predicted octanol–water partition coefficient (Wildman–Crippen LogP) is 3.15. The molecule has 1 aliphatic heterocycles. The summed E-state index contributed by atoms with van der Waals surface area (Å²) < 4.78 is 1.14. The Morgan fingerprint density at radius 2 is 2.38 bits per heavy atom. The first-order valence-corrected chi connectivity index (χ1v) is 5.47. The fourth-order valence-corrected chi connectivity index (χ4v) is 2.35. The van der Waals surface area contributed by atoms with Gasteiger partial charge < -0.3 is 5.32 Å². The van der Waals surface area contributed by atoms with Crippen LogP contribution in [0.4, 0.5) is 0 Å². The molecule has 1 atom stereocenters. The van der Waals surface area contributed by atoms with E-state index in [2.05, 4.69) is 40.8 Å². The van der Waals surface area contributed by atoms with E-state index in [9.17, 15) is 0 Å². The van der Waals surface area contributed by atoms with E-state index in [0.29, 0.717) is 6.04 Å². The van der Waals surface area contributed by atoms with Crippen molar-refractivity contribution in [2.24, 2.45) is 0 Å². The molecule has 0 aromatic carbocycles. The summed E-state index contributed by atoms with van der Waals surface area (Å²) in [5.41, 5.74) is 1.34. The average Bonchev–Trinajstić information content (AvgIpc) is 2.59. The van der Waals surface area contributed by atoms with Gasteiger partial charge >= 0.3 is 0 Å². The molecule has 72 valence electrons. The standard InChI is InChI=1S/C11H16BrN/c1-3-6-10(12)9(4-2)11-7-5-8-13-11/h3-4,6,11,13H,1,5,7-8H2,2H3/b9-4+,10-6+. The highest BCUT2D eigenvalue weighted by molar-refractivity contribution is 9.12. The van der Waals surface area contributed by atoms with Crippen LogP contribution in [0.25, 0.3) is 0 Å². The van der Waals surface area contributed by atoms with Crippen molar-refractivity contribution >= 4 is 15.9 Å². The Balaban J connectivity index is 2.72. The molecule has 1 saturated heterocycles. The summed E-state index contributed by atoms with van der Waals surface area (Å²) in [5.74, 6) is 0. The van der Waals surface area contributed by atoms with Crippen LogP contribution in [0, 0.1) is 0 Å². The Morgan fingerprint density at radius 3 is 2.85 bits per heavy atom. The molecular weight excluding hydrogens is 226 g/mol. The van der Waals surface area contributed by atoms with E-state index in [1.54, 1.807) is 0 Å². The second-order valence-electron chi connectivity index (χ2n) is 3.14. The van der Waals surface area contributed by atoms with E-state index < -0.39 is 0 Å². The van der Waals surface area contributed by atoms with Crippen LogP contribution in [0.3, 0.4) is 0 Å². The van der Waals surface area contributed by atoms with Gasteiger partial charge in [-0.2, -0.15) is 0 Å². The van der Waals surface area contributed by atoms with Gasteiger partial charge in [0.15, 0.2) is 0 Å². The maximum Gasteiger partial charge on any atom is 0.0328 e. The fourth-order valence-electron chi connectivity index (χ4n) is 1.66. The fraction of sp³-hybridized carbons (Fsp3) is 0.455. The van der Waals surface area contributed by atoms with Crippen LogP contribution >= 0.6 is 15.9 Å². The second kappa shape index (κ2) is 5.40. The zero-order valence-corrected chi connectivity index (χ0v) is 9.60. The molecular formula is C11H16BrN. The Hall–Kier alpha value is -0.340. The first-order valence-electron chi connectivity index (χ1n) is 4.67. The molecule has 0 aromatic heterocycles. The van der Waals surface area contributed by atoms with Crippen molar-refractivity contribution in [1.82, 2.24) is 5.32 Å². The normalized spacial score (nSPS) is 24.9. The molecule has 1 unspecified atom stereocenters. The van der Waals surface area contributed by atoms with Gasteiger partial charge in [-0.25, -0.2) is 0 Å². The summed E-state index contributed by atoms with van der Waals surface area (Å²) in [6.07, 6.45) is 8.47. The summed E-state index contributed by atoms with van der Waals surface area (Å²) in [7, 11) is 0. The number of nitrogens with one attached hydrogen (secondary N) is 1. The molecule has 0 aliphatic carbocycles. The smallest absolute Gasteiger partial charge is 0.0328 e. The molecule has 0 bridgehead atoms. The Bertz CT molecular complexity index is 234. The molecule has 0 saturated carbocycles. The van der Waals surface area contributed by atoms with Gasteiger partial charge in [0.2, 0.25) is 0 Å². The van der Waals surface area contributed by atoms with Crippen LogP contribution in [0.2, 0.25) is 0 Å². The average molecular weight is 242 g/mol. The maximum atomic E-state index is 3.69. The van der Waals surface area contributed by atoms with Crippen LogP contribution in [0.1, 0.15) is 19.8 Å². The minimum atomic E-state index is 0.524. The van der Waals surface area contributed by atoms with E-state index in [-0.39, 0.29) is 0 Å². The highest BCUT2D eigenvalue weighted by atomic mass is 79.9. The zero-order valence-electron chi connectivity index (χ0n) is 8.02. The Morgan fingerprint density at radius 1 is 1.62 bits per heavy atom. The van der Waals surface area contributed by atoms with Crippen molar-refractivity contribution in [1.29, 1.82) is 0 Å². The van der Waals surface area contributed by atoms with Crippen LogP contribution in [0.15, 0.2) is 34.9 Å². The summed E-state index contributed by atoms with van der Waals surface area (Å²) in [5, 5.41) is 3.47. The van der Waals surface area contributed by atoms with Crippen LogP contribution in [0.5, 0.6) is 0 Å². The Kier molecular flexibility index (Phi) is 4.46. The van der Waals surface area contributed by atoms with E-state index in [0.717, 1.165) is 11.0 Å². The maximum absolute atomic E-state index is 3.69. The number of hydrogen-bond acceptors (Lipinski definition) is 1. The summed E-state index contributed by atoms with van der Waals surface area (Å²) in [6.45, 7) is 6.90. The van der Waals surface area contributed by atoms with Crippen molar-refractivity contribution in [3.05, 3.63) is 34.9 Å². The Labute approximate surface area is 88.7 Å². The van der Waals surface area contributed by atoms with Gasteiger partial charge in [-0.05, 0) is 38.0 Å². The molecule has 1 aliphatic rings. The third-order valence-corrected chi connectivity index (χ3v) is 3.01. The van der Waals surface area contributed by atoms with Crippen molar-refractivity contribution in [2.45, 2.75) is 25.8 Å². The van der Waals surface area contributed by atoms with Gasteiger partial charge in [0.05, 0.1) is 0 Å². The van der Waals surface area contributed by atoms with Gasteiger partial charge in [-0.15, -0.1) is 0 Å². The molecule has 1 heterocycles. The topological polar surface area (TPSA) is 12.0 Å². The van der Waals surface area contributed by atoms with Crippen molar-refractivity contribution in [2.75, 3.05) is 6.54 Å². The molecule has 0 amide bonds. The molecule has 0 aromatic rings. The van der Waals surface area contributed by atoms with Crippen LogP contribution in [-0.2, 0) is 0 Å². The zero-order chi connectivity index (χ0) is 9.68. The second-order valence-corrected chi connectivity index (χ2v) is 4.00. The molecule has 1 fully saturated rings. The van der Waals surface area contributed by atoms with E-state index in [4.69, 9.17) is 0 Å². The molecule has 0 radical (unpaired) electrons. The third-order valence-electron chi connectivity index (χ3n) is 2.29. The van der Waals surface area contributed by atoms with Crippen molar-refractivity contribution in [3.63, 3.8) is 0 Å². The van der Waals surface area contributed by atoms with Crippen molar-refractivity contribution in [3.8, 4) is 0 Å². The lowest BCUT2D eigenvalue weighted by Crippen LogP contribution is -2.23. The quantitative estimate of drug-likeness (QED) is 0.749. The number of allylic oxidation sites excluding steroid dienone is 3. The van der Waals surface area contributed by atoms with Gasteiger partial charge in [0.1, 0.15) is 0 Å². The molecule has 2 heteroatoms. The van der Waals surface area contributed by atoms with Gasteiger partial charge in [0.25, 0.3) is 0 Å². The lowest BCUT2D eigenvalue weighted by Gasteiger charge is -2.14. The molecule has 1 nitrogen and oxygen atoms in total. The largest absolute Gasteiger partial charge is 0.310 e. The van der Waals surface area contributed by atoms with E-state index >= 15 is 0 Å². The van der Waals surface area contributed by atoms with Gasteiger partial charge in [-0.1, -0.05) is 34.7 Å². The molecule has 13 heavy (non-hydrogen) atoms. The predicted molar refractivity (Wildman–Crippen MR) is 62.0 cm³/mol.